The van der Waals surface area contributed by atoms with E-state index in [9.17, 15) is 10.2 Å². The average molecular weight is 340 g/mol. The molecule has 2 N–H and O–H groups in total. The van der Waals surface area contributed by atoms with E-state index in [1.807, 2.05) is 78.9 Å². The highest BCUT2D eigenvalue weighted by Gasteiger charge is 2.39. The SMILES string of the molecule is OC1C(c2cccc(-c3ccccc3)c2)=CC=CC1(O)c1ccccc1. The lowest BCUT2D eigenvalue weighted by Gasteiger charge is -2.34. The van der Waals surface area contributed by atoms with E-state index in [4.69, 9.17) is 0 Å². The molecule has 0 amide bonds. The monoisotopic (exact) mass is 340 g/mol. The summed E-state index contributed by atoms with van der Waals surface area (Å²) in [6.45, 7) is 0. The van der Waals surface area contributed by atoms with E-state index in [2.05, 4.69) is 18.2 Å². The van der Waals surface area contributed by atoms with E-state index >= 15 is 0 Å². The maximum atomic E-state index is 11.2. The number of aliphatic hydroxyl groups excluding tert-OH is 1. The van der Waals surface area contributed by atoms with Crippen molar-refractivity contribution in [1.29, 1.82) is 0 Å². The minimum atomic E-state index is -1.44. The van der Waals surface area contributed by atoms with Crippen LogP contribution in [0.4, 0.5) is 0 Å². The highest BCUT2D eigenvalue weighted by molar-refractivity contribution is 5.77. The summed E-state index contributed by atoms with van der Waals surface area (Å²) >= 11 is 0. The molecule has 128 valence electrons. The fourth-order valence-electron chi connectivity index (χ4n) is 3.44. The number of benzene rings is 3. The summed E-state index contributed by atoms with van der Waals surface area (Å²) in [6.07, 6.45) is 4.29. The molecule has 2 unspecified atom stereocenters. The molecule has 2 heteroatoms. The van der Waals surface area contributed by atoms with Gasteiger partial charge in [0.15, 0.2) is 0 Å². The number of allylic oxidation sites excluding steroid dienone is 2. The van der Waals surface area contributed by atoms with Crippen LogP contribution >= 0.6 is 0 Å². The Labute approximate surface area is 153 Å². The molecule has 0 aliphatic heterocycles. The summed E-state index contributed by atoms with van der Waals surface area (Å²) in [5.74, 6) is 0. The Bertz CT molecular complexity index is 958. The Kier molecular flexibility index (Phi) is 4.29. The predicted molar refractivity (Wildman–Crippen MR) is 105 cm³/mol. The summed E-state index contributed by atoms with van der Waals surface area (Å²) in [7, 11) is 0. The van der Waals surface area contributed by atoms with Gasteiger partial charge in [-0.15, -0.1) is 0 Å². The average Bonchev–Trinajstić information content (AvgIpc) is 2.71. The van der Waals surface area contributed by atoms with Crippen molar-refractivity contribution in [3.05, 3.63) is 114 Å². The maximum absolute atomic E-state index is 11.2. The van der Waals surface area contributed by atoms with E-state index in [-0.39, 0.29) is 0 Å². The van der Waals surface area contributed by atoms with Crippen molar-refractivity contribution >= 4 is 5.57 Å². The third-order valence-corrected chi connectivity index (χ3v) is 4.88. The topological polar surface area (TPSA) is 40.5 Å². The summed E-state index contributed by atoms with van der Waals surface area (Å²) in [5.41, 5.74) is 3.04. The van der Waals surface area contributed by atoms with Gasteiger partial charge in [0.2, 0.25) is 0 Å². The Morgan fingerprint density at radius 2 is 1.31 bits per heavy atom. The summed E-state index contributed by atoms with van der Waals surface area (Å²) < 4.78 is 0. The molecule has 0 heterocycles. The molecule has 26 heavy (non-hydrogen) atoms. The molecule has 3 aromatic rings. The first-order chi connectivity index (χ1) is 12.7. The zero-order valence-corrected chi connectivity index (χ0v) is 14.3. The molecule has 4 rings (SSSR count). The maximum Gasteiger partial charge on any atom is 0.138 e. The van der Waals surface area contributed by atoms with Gasteiger partial charge < -0.3 is 10.2 Å². The van der Waals surface area contributed by atoms with Gasteiger partial charge in [-0.3, -0.25) is 0 Å². The molecule has 2 nitrogen and oxygen atoms in total. The third-order valence-electron chi connectivity index (χ3n) is 4.88. The van der Waals surface area contributed by atoms with E-state index in [1.165, 1.54) is 0 Å². The van der Waals surface area contributed by atoms with Crippen LogP contribution in [0.1, 0.15) is 11.1 Å². The molecule has 0 saturated carbocycles. The van der Waals surface area contributed by atoms with Crippen LogP contribution < -0.4 is 0 Å². The molecule has 0 saturated heterocycles. The van der Waals surface area contributed by atoms with Crippen LogP contribution in [0.3, 0.4) is 0 Å². The Balaban J connectivity index is 1.73. The van der Waals surface area contributed by atoms with Gasteiger partial charge in [-0.2, -0.15) is 0 Å². The van der Waals surface area contributed by atoms with Crippen LogP contribution in [0.25, 0.3) is 16.7 Å². The molecule has 0 spiro atoms. The van der Waals surface area contributed by atoms with Crippen molar-refractivity contribution in [3.63, 3.8) is 0 Å². The molecule has 1 aliphatic rings. The van der Waals surface area contributed by atoms with Crippen LogP contribution in [-0.2, 0) is 5.60 Å². The predicted octanol–water partition coefficient (Wildman–Crippen LogP) is 4.56. The summed E-state index contributed by atoms with van der Waals surface area (Å²) in [4.78, 5) is 0. The van der Waals surface area contributed by atoms with Gasteiger partial charge >= 0.3 is 0 Å². The Morgan fingerprint density at radius 1 is 0.692 bits per heavy atom. The number of aliphatic hydroxyl groups is 2. The smallest absolute Gasteiger partial charge is 0.138 e. The Morgan fingerprint density at radius 3 is 2.04 bits per heavy atom. The van der Waals surface area contributed by atoms with Gasteiger partial charge in [-0.05, 0) is 40.0 Å². The molecule has 0 aromatic heterocycles. The third kappa shape index (κ3) is 2.90. The largest absolute Gasteiger partial charge is 0.385 e. The fraction of sp³-hybridized carbons (Fsp3) is 0.0833. The van der Waals surface area contributed by atoms with E-state index in [0.29, 0.717) is 11.1 Å². The second-order valence-electron chi connectivity index (χ2n) is 6.52. The fourth-order valence-corrected chi connectivity index (χ4v) is 3.44. The molecule has 0 fully saturated rings. The minimum Gasteiger partial charge on any atom is -0.385 e. The molecule has 3 aromatic carbocycles. The molecular weight excluding hydrogens is 320 g/mol. The highest BCUT2D eigenvalue weighted by atomic mass is 16.3. The summed E-state index contributed by atoms with van der Waals surface area (Å²) in [5, 5.41) is 22.1. The van der Waals surface area contributed by atoms with Gasteiger partial charge in [0.25, 0.3) is 0 Å². The molecular formula is C24H20O2. The highest BCUT2D eigenvalue weighted by Crippen LogP contribution is 2.38. The van der Waals surface area contributed by atoms with Crippen LogP contribution in [0.15, 0.2) is 103 Å². The quantitative estimate of drug-likeness (QED) is 0.734. The zero-order chi connectivity index (χ0) is 18.0. The van der Waals surface area contributed by atoms with Crippen LogP contribution in [0.5, 0.6) is 0 Å². The first-order valence-electron chi connectivity index (χ1n) is 8.70. The zero-order valence-electron chi connectivity index (χ0n) is 14.3. The van der Waals surface area contributed by atoms with Crippen LogP contribution in [0.2, 0.25) is 0 Å². The molecule has 2 atom stereocenters. The van der Waals surface area contributed by atoms with E-state index in [0.717, 1.165) is 16.7 Å². The van der Waals surface area contributed by atoms with Crippen LogP contribution in [0, 0.1) is 0 Å². The van der Waals surface area contributed by atoms with Crippen molar-refractivity contribution in [2.45, 2.75) is 11.7 Å². The van der Waals surface area contributed by atoms with Crippen molar-refractivity contribution in [2.75, 3.05) is 0 Å². The first-order valence-corrected chi connectivity index (χ1v) is 8.70. The van der Waals surface area contributed by atoms with Gasteiger partial charge in [-0.25, -0.2) is 0 Å². The second kappa shape index (κ2) is 6.75. The Hall–Kier alpha value is -2.94. The molecule has 1 aliphatic carbocycles. The second-order valence-corrected chi connectivity index (χ2v) is 6.52. The summed E-state index contributed by atoms with van der Waals surface area (Å²) in [6, 6.07) is 27.5. The lowest BCUT2D eigenvalue weighted by atomic mass is 9.79. The van der Waals surface area contributed by atoms with E-state index < -0.39 is 11.7 Å². The molecule has 0 radical (unpaired) electrons. The van der Waals surface area contributed by atoms with Crippen LogP contribution in [-0.4, -0.2) is 16.3 Å². The lowest BCUT2D eigenvalue weighted by Crippen LogP contribution is -2.39. The van der Waals surface area contributed by atoms with Crippen molar-refractivity contribution < 1.29 is 10.2 Å². The number of hydrogen-bond acceptors (Lipinski definition) is 2. The van der Waals surface area contributed by atoms with Gasteiger partial charge in [0.05, 0.1) is 0 Å². The van der Waals surface area contributed by atoms with Crippen molar-refractivity contribution in [2.24, 2.45) is 0 Å². The van der Waals surface area contributed by atoms with Crippen molar-refractivity contribution in [1.82, 2.24) is 0 Å². The number of rotatable bonds is 3. The van der Waals surface area contributed by atoms with Gasteiger partial charge in [-0.1, -0.05) is 91.0 Å². The number of hydrogen-bond donors (Lipinski definition) is 2. The van der Waals surface area contributed by atoms with E-state index in [1.54, 1.807) is 6.08 Å². The lowest BCUT2D eigenvalue weighted by molar-refractivity contribution is -0.0139. The van der Waals surface area contributed by atoms with Crippen molar-refractivity contribution in [3.8, 4) is 11.1 Å². The normalized spacial score (nSPS) is 22.1. The van der Waals surface area contributed by atoms with Gasteiger partial charge in [0.1, 0.15) is 11.7 Å². The minimum absolute atomic E-state index is 0.675. The van der Waals surface area contributed by atoms with Gasteiger partial charge in [0, 0.05) is 0 Å². The molecule has 0 bridgehead atoms. The first kappa shape index (κ1) is 16.5. The standard InChI is InChI=1S/C24H20O2/c25-23-22(15-8-16-24(23,26)21-13-5-2-6-14-21)20-12-7-11-19(17-20)18-9-3-1-4-10-18/h1-17,23,25-26H.